The second-order valence-electron chi connectivity index (χ2n) is 3.85. The third kappa shape index (κ3) is 1.61. The van der Waals surface area contributed by atoms with E-state index in [4.69, 9.17) is 10.5 Å². The lowest BCUT2D eigenvalue weighted by molar-refractivity contribution is -0.122. The average Bonchev–Trinajstić information content (AvgIpc) is 2.61. The number of rotatable bonds is 2. The van der Waals surface area contributed by atoms with Crippen molar-refractivity contribution in [2.75, 3.05) is 27.1 Å². The molecule has 0 saturated carbocycles. The van der Waals surface area contributed by atoms with Crippen LogP contribution in [-0.4, -0.2) is 48.8 Å². The van der Waals surface area contributed by atoms with Gasteiger partial charge in [0, 0.05) is 7.05 Å². The summed E-state index contributed by atoms with van der Waals surface area (Å²) in [4.78, 5) is 15.0. The average molecular weight is 212 g/mol. The number of carbonyl (C=O) groups excluding carboxylic acids is 1. The van der Waals surface area contributed by atoms with Gasteiger partial charge in [0.1, 0.15) is 18.6 Å². The molecule has 1 amide bonds. The van der Waals surface area contributed by atoms with Gasteiger partial charge in [-0.05, 0) is 6.92 Å². The van der Waals surface area contributed by atoms with Gasteiger partial charge in [0.25, 0.3) is 0 Å². The van der Waals surface area contributed by atoms with Crippen LogP contribution in [0.5, 0.6) is 0 Å². The van der Waals surface area contributed by atoms with E-state index in [9.17, 15) is 4.79 Å². The maximum Gasteiger partial charge on any atom is 0.239 e. The van der Waals surface area contributed by atoms with E-state index in [-0.39, 0.29) is 11.9 Å². The van der Waals surface area contributed by atoms with Gasteiger partial charge in [-0.15, -0.1) is 0 Å². The van der Waals surface area contributed by atoms with Gasteiger partial charge in [-0.2, -0.15) is 0 Å². The highest BCUT2D eigenvalue weighted by Crippen LogP contribution is 2.23. The third-order valence-electron chi connectivity index (χ3n) is 2.82. The minimum atomic E-state index is -0.321. The smallest absolute Gasteiger partial charge is 0.239 e. The van der Waals surface area contributed by atoms with E-state index in [1.54, 1.807) is 6.92 Å². The number of hydrogen-bond acceptors (Lipinski definition) is 5. The fraction of sp³-hybridized carbons (Fsp3) is 0.667. The summed E-state index contributed by atoms with van der Waals surface area (Å²) in [6.45, 7) is 3.52. The molecule has 0 aromatic carbocycles. The van der Waals surface area contributed by atoms with E-state index < -0.39 is 0 Å². The molecular formula is C9H16N4O2. The van der Waals surface area contributed by atoms with Crippen LogP contribution >= 0.6 is 0 Å². The molecule has 2 aliphatic heterocycles. The van der Waals surface area contributed by atoms with Gasteiger partial charge in [0.2, 0.25) is 5.91 Å². The molecule has 1 atom stereocenters. The van der Waals surface area contributed by atoms with Crippen LogP contribution in [0.2, 0.25) is 0 Å². The second kappa shape index (κ2) is 3.62. The summed E-state index contributed by atoms with van der Waals surface area (Å²) in [6.07, 6.45) is 0. The summed E-state index contributed by atoms with van der Waals surface area (Å²) in [5, 5.41) is 3.24. The molecular weight excluding hydrogens is 196 g/mol. The summed E-state index contributed by atoms with van der Waals surface area (Å²) in [7, 11) is 1.94. The molecule has 2 rings (SSSR count). The normalized spacial score (nSPS) is 22.5. The topological polar surface area (TPSA) is 70.8 Å². The first-order valence-electron chi connectivity index (χ1n) is 4.93. The molecule has 84 valence electrons. The van der Waals surface area contributed by atoms with Gasteiger partial charge in [0.05, 0.1) is 19.0 Å². The van der Waals surface area contributed by atoms with Crippen LogP contribution in [0.25, 0.3) is 0 Å². The molecule has 0 radical (unpaired) electrons. The molecule has 0 unspecified atom stereocenters. The van der Waals surface area contributed by atoms with Crippen LogP contribution in [0, 0.1) is 0 Å². The summed E-state index contributed by atoms with van der Waals surface area (Å²) in [5.74, 6) is 0.716. The highest BCUT2D eigenvalue weighted by molar-refractivity contribution is 5.79. The summed E-state index contributed by atoms with van der Waals surface area (Å²) < 4.78 is 5.39. The lowest BCUT2D eigenvalue weighted by atomic mass is 10.2. The summed E-state index contributed by atoms with van der Waals surface area (Å²) >= 11 is 0. The van der Waals surface area contributed by atoms with E-state index >= 15 is 0 Å². The quantitative estimate of drug-likeness (QED) is 0.602. The van der Waals surface area contributed by atoms with Crippen LogP contribution in [0.1, 0.15) is 6.92 Å². The largest absolute Gasteiger partial charge is 0.368 e. The van der Waals surface area contributed by atoms with Crippen molar-refractivity contribution in [3.05, 3.63) is 11.5 Å². The second-order valence-corrected chi connectivity index (χ2v) is 3.85. The summed E-state index contributed by atoms with van der Waals surface area (Å²) in [5.41, 5.74) is 6.30. The van der Waals surface area contributed by atoms with E-state index in [0.717, 1.165) is 11.5 Å². The number of nitrogens with one attached hydrogen (secondary N) is 1. The Hall–Kier alpha value is -1.43. The fourth-order valence-electron chi connectivity index (χ4n) is 1.87. The van der Waals surface area contributed by atoms with Crippen LogP contribution in [0.4, 0.5) is 0 Å². The first-order valence-corrected chi connectivity index (χ1v) is 4.93. The Bertz CT molecular complexity index is 315. The molecule has 0 aromatic heterocycles. The fourth-order valence-corrected chi connectivity index (χ4v) is 1.87. The van der Waals surface area contributed by atoms with Crippen LogP contribution in [-0.2, 0) is 9.53 Å². The third-order valence-corrected chi connectivity index (χ3v) is 2.82. The van der Waals surface area contributed by atoms with Gasteiger partial charge in [0.15, 0.2) is 0 Å². The van der Waals surface area contributed by atoms with Crippen molar-refractivity contribution in [1.29, 1.82) is 0 Å². The predicted molar refractivity (Wildman–Crippen MR) is 54.1 cm³/mol. The van der Waals surface area contributed by atoms with Gasteiger partial charge in [-0.1, -0.05) is 0 Å². The molecule has 0 bridgehead atoms. The Morgan fingerprint density at radius 2 is 2.40 bits per heavy atom. The Kier molecular flexibility index (Phi) is 2.44. The van der Waals surface area contributed by atoms with Gasteiger partial charge >= 0.3 is 0 Å². The van der Waals surface area contributed by atoms with E-state index in [1.807, 2.05) is 16.8 Å². The minimum Gasteiger partial charge on any atom is -0.368 e. The van der Waals surface area contributed by atoms with Gasteiger partial charge in [-0.3, -0.25) is 4.79 Å². The van der Waals surface area contributed by atoms with Crippen LogP contribution in [0.3, 0.4) is 0 Å². The molecule has 15 heavy (non-hydrogen) atoms. The molecule has 0 saturated heterocycles. The zero-order chi connectivity index (χ0) is 11.0. The monoisotopic (exact) mass is 212 g/mol. The van der Waals surface area contributed by atoms with Crippen LogP contribution in [0.15, 0.2) is 11.5 Å². The maximum atomic E-state index is 11.1. The molecule has 2 heterocycles. The number of ether oxygens (including phenoxy) is 1. The van der Waals surface area contributed by atoms with Crippen molar-refractivity contribution in [2.45, 2.75) is 13.0 Å². The molecule has 2 aliphatic rings. The SMILES string of the molecule is C[C@@H](C(N)=O)N1CNC2=C1COCN2C. The molecule has 0 fully saturated rings. The number of nitrogens with zero attached hydrogens (tertiary/aromatic N) is 2. The molecule has 0 spiro atoms. The van der Waals surface area contributed by atoms with E-state index in [1.165, 1.54) is 0 Å². The molecule has 6 heteroatoms. The Labute approximate surface area is 88.6 Å². The van der Waals surface area contributed by atoms with Crippen molar-refractivity contribution in [1.82, 2.24) is 15.1 Å². The van der Waals surface area contributed by atoms with Gasteiger partial charge < -0.3 is 25.6 Å². The number of carbonyl (C=O) groups is 1. The van der Waals surface area contributed by atoms with Crippen molar-refractivity contribution in [3.8, 4) is 0 Å². The predicted octanol–water partition coefficient (Wildman–Crippen LogP) is -1.19. The van der Waals surface area contributed by atoms with Crippen molar-refractivity contribution in [2.24, 2.45) is 5.73 Å². The lowest BCUT2D eigenvalue weighted by Gasteiger charge is -2.30. The molecule has 3 N–H and O–H groups in total. The maximum absolute atomic E-state index is 11.1. The molecule has 0 aliphatic carbocycles. The lowest BCUT2D eigenvalue weighted by Crippen LogP contribution is -2.43. The molecule has 0 aromatic rings. The molecule has 6 nitrogen and oxygen atoms in total. The highest BCUT2D eigenvalue weighted by atomic mass is 16.5. The highest BCUT2D eigenvalue weighted by Gasteiger charge is 2.32. The van der Waals surface area contributed by atoms with Crippen molar-refractivity contribution >= 4 is 5.91 Å². The number of hydrogen-bond donors (Lipinski definition) is 2. The zero-order valence-corrected chi connectivity index (χ0v) is 8.99. The Morgan fingerprint density at radius 3 is 3.07 bits per heavy atom. The number of amides is 1. The zero-order valence-electron chi connectivity index (χ0n) is 8.99. The first kappa shape index (κ1) is 10.1. The van der Waals surface area contributed by atoms with Gasteiger partial charge in [-0.25, -0.2) is 0 Å². The Balaban J connectivity index is 2.20. The van der Waals surface area contributed by atoms with Crippen LogP contribution < -0.4 is 11.1 Å². The van der Waals surface area contributed by atoms with Crippen molar-refractivity contribution < 1.29 is 9.53 Å². The van der Waals surface area contributed by atoms with E-state index in [0.29, 0.717) is 20.0 Å². The van der Waals surface area contributed by atoms with Crippen molar-refractivity contribution in [3.63, 3.8) is 0 Å². The number of nitrogens with two attached hydrogens (primary N) is 1. The standard InChI is InChI=1S/C9H16N4O2/c1-6(8(10)14)13-4-11-9-7(13)3-15-5-12(9)2/h6,11H,3-5H2,1-2H3,(H2,10,14)/t6-/m0/s1. The first-order chi connectivity index (χ1) is 7.11. The number of primary amides is 1. The Morgan fingerprint density at radius 1 is 1.67 bits per heavy atom. The minimum absolute atomic E-state index is 0.305. The van der Waals surface area contributed by atoms with E-state index in [2.05, 4.69) is 5.32 Å². The summed E-state index contributed by atoms with van der Waals surface area (Å²) in [6, 6.07) is -0.305.